The van der Waals surface area contributed by atoms with Gasteiger partial charge in [-0.2, -0.15) is 0 Å². The molecule has 21 heavy (non-hydrogen) atoms. The topological polar surface area (TPSA) is 86.9 Å². The zero-order valence-corrected chi connectivity index (χ0v) is 13.1. The fourth-order valence-electron chi connectivity index (χ4n) is 2.84. The van der Waals surface area contributed by atoms with Gasteiger partial charge in [0, 0.05) is 32.6 Å². The maximum atomic E-state index is 12.3. The zero-order chi connectivity index (χ0) is 15.7. The van der Waals surface area contributed by atoms with Gasteiger partial charge in [-0.25, -0.2) is 0 Å². The summed E-state index contributed by atoms with van der Waals surface area (Å²) >= 11 is 0. The van der Waals surface area contributed by atoms with Crippen LogP contribution in [0.4, 0.5) is 0 Å². The SMILES string of the molecule is CCC(CCN)CCC(=O)N1CCCN(CC(=O)O)CC1. The molecule has 6 heteroatoms. The summed E-state index contributed by atoms with van der Waals surface area (Å²) in [5, 5.41) is 8.82. The summed E-state index contributed by atoms with van der Waals surface area (Å²) in [7, 11) is 0. The van der Waals surface area contributed by atoms with E-state index in [1.54, 1.807) is 0 Å². The van der Waals surface area contributed by atoms with Crippen LogP contribution >= 0.6 is 0 Å². The van der Waals surface area contributed by atoms with E-state index in [0.29, 0.717) is 32.0 Å². The van der Waals surface area contributed by atoms with E-state index in [1.165, 1.54) is 0 Å². The lowest BCUT2D eigenvalue weighted by atomic mass is 9.96. The Morgan fingerprint density at radius 3 is 2.57 bits per heavy atom. The first-order chi connectivity index (χ1) is 10.1. The van der Waals surface area contributed by atoms with E-state index in [0.717, 1.165) is 38.8 Å². The van der Waals surface area contributed by atoms with Gasteiger partial charge in [-0.15, -0.1) is 0 Å². The highest BCUT2D eigenvalue weighted by Crippen LogP contribution is 2.16. The monoisotopic (exact) mass is 299 g/mol. The smallest absolute Gasteiger partial charge is 0.317 e. The first-order valence-electron chi connectivity index (χ1n) is 7.98. The molecule has 0 aliphatic carbocycles. The number of hydrogen-bond acceptors (Lipinski definition) is 4. The van der Waals surface area contributed by atoms with E-state index in [4.69, 9.17) is 10.8 Å². The molecule has 3 N–H and O–H groups in total. The van der Waals surface area contributed by atoms with Gasteiger partial charge < -0.3 is 15.7 Å². The molecule has 1 amide bonds. The summed E-state index contributed by atoms with van der Waals surface area (Å²) < 4.78 is 0. The minimum Gasteiger partial charge on any atom is -0.480 e. The first kappa shape index (κ1) is 17.9. The second-order valence-corrected chi connectivity index (χ2v) is 5.79. The second kappa shape index (κ2) is 9.73. The molecule has 0 saturated carbocycles. The first-order valence-corrected chi connectivity index (χ1v) is 7.98. The normalized spacial score (nSPS) is 18.3. The van der Waals surface area contributed by atoms with Gasteiger partial charge in [0.2, 0.25) is 5.91 Å². The molecular weight excluding hydrogens is 270 g/mol. The number of nitrogens with zero attached hydrogens (tertiary/aromatic N) is 2. The van der Waals surface area contributed by atoms with Gasteiger partial charge in [-0.3, -0.25) is 14.5 Å². The number of aliphatic carboxylic acids is 1. The Hall–Kier alpha value is -1.14. The Balaban J connectivity index is 2.35. The molecule has 1 fully saturated rings. The van der Waals surface area contributed by atoms with E-state index in [-0.39, 0.29) is 12.5 Å². The van der Waals surface area contributed by atoms with E-state index < -0.39 is 5.97 Å². The molecule has 1 aliphatic heterocycles. The van der Waals surface area contributed by atoms with E-state index in [9.17, 15) is 9.59 Å². The predicted octanol–water partition coefficient (Wildman–Crippen LogP) is 0.761. The number of hydrogen-bond donors (Lipinski definition) is 2. The third kappa shape index (κ3) is 6.91. The zero-order valence-electron chi connectivity index (χ0n) is 13.1. The molecule has 1 atom stereocenters. The maximum Gasteiger partial charge on any atom is 0.317 e. The molecule has 1 heterocycles. The van der Waals surface area contributed by atoms with Crippen LogP contribution in [0.15, 0.2) is 0 Å². The lowest BCUT2D eigenvalue weighted by Crippen LogP contribution is -2.36. The van der Waals surface area contributed by atoms with E-state index in [2.05, 4.69) is 6.92 Å². The number of carbonyl (C=O) groups is 2. The third-order valence-electron chi connectivity index (χ3n) is 4.22. The molecule has 0 aromatic rings. The summed E-state index contributed by atoms with van der Waals surface area (Å²) in [5.74, 6) is -0.0700. The van der Waals surface area contributed by atoms with Gasteiger partial charge >= 0.3 is 5.97 Å². The Morgan fingerprint density at radius 2 is 1.95 bits per heavy atom. The van der Waals surface area contributed by atoms with Crippen LogP contribution in [0.25, 0.3) is 0 Å². The van der Waals surface area contributed by atoms with Gasteiger partial charge in [0.15, 0.2) is 0 Å². The van der Waals surface area contributed by atoms with Crippen LogP contribution in [0.2, 0.25) is 0 Å². The molecule has 122 valence electrons. The van der Waals surface area contributed by atoms with Gasteiger partial charge in [-0.1, -0.05) is 13.3 Å². The number of carboxylic acids is 1. The van der Waals surface area contributed by atoms with Crippen LogP contribution in [-0.4, -0.2) is 66.1 Å². The van der Waals surface area contributed by atoms with Crippen molar-refractivity contribution in [2.75, 3.05) is 39.3 Å². The summed E-state index contributed by atoms with van der Waals surface area (Å²) in [6.07, 6.45) is 4.38. The Kier molecular flexibility index (Phi) is 8.30. The molecule has 6 nitrogen and oxygen atoms in total. The maximum absolute atomic E-state index is 12.3. The molecule has 0 aromatic carbocycles. The molecule has 1 saturated heterocycles. The summed E-state index contributed by atoms with van der Waals surface area (Å²) in [5.41, 5.74) is 5.58. The van der Waals surface area contributed by atoms with Crippen molar-refractivity contribution < 1.29 is 14.7 Å². The van der Waals surface area contributed by atoms with Gasteiger partial charge in [0.1, 0.15) is 0 Å². The van der Waals surface area contributed by atoms with Gasteiger partial charge in [0.05, 0.1) is 6.54 Å². The largest absolute Gasteiger partial charge is 0.480 e. The van der Waals surface area contributed by atoms with Crippen molar-refractivity contribution in [3.8, 4) is 0 Å². The average Bonchev–Trinajstić information content (AvgIpc) is 2.68. The van der Waals surface area contributed by atoms with Crippen molar-refractivity contribution in [3.05, 3.63) is 0 Å². The average molecular weight is 299 g/mol. The number of nitrogens with two attached hydrogens (primary N) is 1. The van der Waals surface area contributed by atoms with Crippen LogP contribution < -0.4 is 5.73 Å². The van der Waals surface area contributed by atoms with Crippen molar-refractivity contribution in [1.29, 1.82) is 0 Å². The molecule has 1 aliphatic rings. The van der Waals surface area contributed by atoms with E-state index >= 15 is 0 Å². The van der Waals surface area contributed by atoms with Crippen molar-refractivity contribution >= 4 is 11.9 Å². The lowest BCUT2D eigenvalue weighted by molar-refractivity contribution is -0.138. The minimum absolute atomic E-state index is 0.0659. The van der Waals surface area contributed by atoms with E-state index in [1.807, 2.05) is 9.80 Å². The fraction of sp³-hybridized carbons (Fsp3) is 0.867. The van der Waals surface area contributed by atoms with Crippen molar-refractivity contribution in [3.63, 3.8) is 0 Å². The summed E-state index contributed by atoms with van der Waals surface area (Å²) in [6, 6.07) is 0. The van der Waals surface area contributed by atoms with Crippen molar-refractivity contribution in [2.24, 2.45) is 11.7 Å². The van der Waals surface area contributed by atoms with Crippen LogP contribution in [0.1, 0.15) is 39.0 Å². The van der Waals surface area contributed by atoms with Gasteiger partial charge in [-0.05, 0) is 31.7 Å². The molecule has 1 rings (SSSR count). The number of amides is 1. The molecular formula is C15H29N3O3. The van der Waals surface area contributed by atoms with Crippen molar-refractivity contribution in [2.45, 2.75) is 39.0 Å². The predicted molar refractivity (Wildman–Crippen MR) is 82.0 cm³/mol. The van der Waals surface area contributed by atoms with Crippen LogP contribution in [0.3, 0.4) is 0 Å². The van der Waals surface area contributed by atoms with Crippen molar-refractivity contribution in [1.82, 2.24) is 9.80 Å². The highest BCUT2D eigenvalue weighted by molar-refractivity contribution is 5.76. The number of carboxylic acid groups (broad SMARTS) is 1. The highest BCUT2D eigenvalue weighted by atomic mass is 16.4. The molecule has 0 spiro atoms. The van der Waals surface area contributed by atoms with Gasteiger partial charge in [0.25, 0.3) is 0 Å². The van der Waals surface area contributed by atoms with Crippen LogP contribution in [0.5, 0.6) is 0 Å². The standard InChI is InChI=1S/C15H29N3O3/c1-2-13(6-7-16)4-5-14(19)18-9-3-8-17(10-11-18)12-15(20)21/h13H,2-12,16H2,1H3,(H,20,21). The Labute approximate surface area is 127 Å². The summed E-state index contributed by atoms with van der Waals surface area (Å²) in [4.78, 5) is 26.8. The quantitative estimate of drug-likeness (QED) is 0.691. The Morgan fingerprint density at radius 1 is 1.19 bits per heavy atom. The number of carbonyl (C=O) groups excluding carboxylic acids is 1. The fourth-order valence-corrected chi connectivity index (χ4v) is 2.84. The Bertz CT molecular complexity index is 336. The second-order valence-electron chi connectivity index (χ2n) is 5.79. The minimum atomic E-state index is -0.803. The summed E-state index contributed by atoms with van der Waals surface area (Å²) in [6.45, 7) is 5.67. The number of rotatable bonds is 8. The van der Waals surface area contributed by atoms with Crippen LogP contribution in [0, 0.1) is 5.92 Å². The molecule has 0 aromatic heterocycles. The molecule has 0 bridgehead atoms. The van der Waals surface area contributed by atoms with Crippen LogP contribution in [-0.2, 0) is 9.59 Å². The third-order valence-corrected chi connectivity index (χ3v) is 4.22. The lowest BCUT2D eigenvalue weighted by Gasteiger charge is -2.22. The molecule has 1 unspecified atom stereocenters. The molecule has 0 radical (unpaired) electrons. The highest BCUT2D eigenvalue weighted by Gasteiger charge is 2.20.